The van der Waals surface area contributed by atoms with Crippen LogP contribution in [0.1, 0.15) is 63.0 Å². The van der Waals surface area contributed by atoms with Crippen LogP contribution in [0.3, 0.4) is 0 Å². The van der Waals surface area contributed by atoms with Crippen molar-refractivity contribution in [3.8, 4) is 5.75 Å². The van der Waals surface area contributed by atoms with Crippen molar-refractivity contribution >= 4 is 5.82 Å². The quantitative estimate of drug-likeness (QED) is 0.692. The van der Waals surface area contributed by atoms with Crippen molar-refractivity contribution in [2.75, 3.05) is 25.1 Å². The molecule has 0 aliphatic carbocycles. The number of fused-ring (bicyclic) bond motifs is 1. The molecule has 164 valence electrons. The Balaban J connectivity index is 1.79. The molecule has 1 aromatic heterocycles. The Morgan fingerprint density at radius 2 is 1.90 bits per heavy atom. The van der Waals surface area contributed by atoms with Crippen LogP contribution in [-0.4, -0.2) is 47.2 Å². The largest absolute Gasteiger partial charge is 0.496 e. The van der Waals surface area contributed by atoms with E-state index < -0.39 is 6.29 Å². The van der Waals surface area contributed by atoms with E-state index in [-0.39, 0.29) is 12.3 Å². The fourth-order valence-electron chi connectivity index (χ4n) is 4.88. The zero-order chi connectivity index (χ0) is 21.4. The molecule has 0 spiro atoms. The molecule has 2 unspecified atom stereocenters. The van der Waals surface area contributed by atoms with Crippen LogP contribution < -0.4 is 26.4 Å². The van der Waals surface area contributed by atoms with Gasteiger partial charge in [0.1, 0.15) is 17.9 Å². The summed E-state index contributed by atoms with van der Waals surface area (Å²) in [6, 6.07) is 8.30. The first-order valence-electron chi connectivity index (χ1n) is 10.9. The van der Waals surface area contributed by atoms with Crippen molar-refractivity contribution in [1.29, 1.82) is 0 Å². The highest BCUT2D eigenvalue weighted by atomic mass is 16.5. The lowest BCUT2D eigenvalue weighted by atomic mass is 10.0. The summed E-state index contributed by atoms with van der Waals surface area (Å²) < 4.78 is 7.57. The van der Waals surface area contributed by atoms with Gasteiger partial charge in [0.05, 0.1) is 13.3 Å². The first-order valence-corrected chi connectivity index (χ1v) is 10.9. The molecule has 0 bridgehead atoms. The number of aromatic nitrogens is 2. The second-order valence-corrected chi connectivity index (χ2v) is 8.62. The number of nitrogens with zero attached hydrogens (tertiary/aromatic N) is 4. The van der Waals surface area contributed by atoms with E-state index >= 15 is 0 Å². The third-order valence-corrected chi connectivity index (χ3v) is 6.51. The zero-order valence-corrected chi connectivity index (χ0v) is 18.5. The van der Waals surface area contributed by atoms with Gasteiger partial charge in [0.25, 0.3) is 0 Å². The van der Waals surface area contributed by atoms with E-state index in [9.17, 15) is 0 Å². The molecule has 0 radical (unpaired) electrons. The molecular weight excluding hydrogens is 378 g/mol. The van der Waals surface area contributed by atoms with E-state index in [1.54, 1.807) is 7.11 Å². The molecule has 1 saturated heterocycles. The van der Waals surface area contributed by atoms with Gasteiger partial charge in [-0.2, -0.15) is 5.10 Å². The molecular formula is C22H35N7O. The molecule has 8 nitrogen and oxygen atoms in total. The van der Waals surface area contributed by atoms with Crippen LogP contribution in [0.4, 0.5) is 5.82 Å². The average Bonchev–Trinajstić information content (AvgIpc) is 3.20. The smallest absolute Gasteiger partial charge is 0.160 e. The SMILES string of the molecule is COc1ccccc1[C@H](C)N1C(N)N([C@@H]2CCCNC2)c2c(C(C)C)cnn2C1N. The predicted molar refractivity (Wildman–Crippen MR) is 119 cm³/mol. The minimum atomic E-state index is -0.463. The molecule has 1 aromatic carbocycles. The molecule has 1 fully saturated rings. The van der Waals surface area contributed by atoms with Crippen LogP contribution in [0.15, 0.2) is 30.5 Å². The van der Waals surface area contributed by atoms with Gasteiger partial charge in [-0.3, -0.25) is 11.5 Å². The third-order valence-electron chi connectivity index (χ3n) is 6.51. The highest BCUT2D eigenvalue weighted by molar-refractivity contribution is 5.52. The lowest BCUT2D eigenvalue weighted by Crippen LogP contribution is -2.67. The van der Waals surface area contributed by atoms with Crippen molar-refractivity contribution in [2.45, 2.75) is 64.2 Å². The van der Waals surface area contributed by atoms with E-state index in [1.165, 1.54) is 5.56 Å². The third kappa shape index (κ3) is 3.47. The van der Waals surface area contributed by atoms with Gasteiger partial charge in [0.15, 0.2) is 6.29 Å². The summed E-state index contributed by atoms with van der Waals surface area (Å²) in [7, 11) is 1.70. The molecule has 2 aromatic rings. The van der Waals surface area contributed by atoms with E-state index in [0.717, 1.165) is 43.1 Å². The van der Waals surface area contributed by atoms with Crippen molar-refractivity contribution < 1.29 is 4.74 Å². The van der Waals surface area contributed by atoms with Crippen molar-refractivity contribution in [3.63, 3.8) is 0 Å². The molecule has 4 rings (SSSR count). The van der Waals surface area contributed by atoms with Crippen LogP contribution >= 0.6 is 0 Å². The molecule has 30 heavy (non-hydrogen) atoms. The Bertz CT molecular complexity index is 861. The van der Waals surface area contributed by atoms with Gasteiger partial charge in [0.2, 0.25) is 0 Å². The maximum absolute atomic E-state index is 6.98. The number of nitrogens with one attached hydrogen (secondary N) is 1. The monoisotopic (exact) mass is 413 g/mol. The maximum atomic E-state index is 6.98. The maximum Gasteiger partial charge on any atom is 0.160 e. The van der Waals surface area contributed by atoms with E-state index in [1.807, 2.05) is 29.1 Å². The Labute approximate surface area is 179 Å². The summed E-state index contributed by atoms with van der Waals surface area (Å²) in [5.41, 5.74) is 16.0. The van der Waals surface area contributed by atoms with E-state index in [4.69, 9.17) is 21.3 Å². The summed E-state index contributed by atoms with van der Waals surface area (Å²) >= 11 is 0. The van der Waals surface area contributed by atoms with Crippen LogP contribution in [0.25, 0.3) is 0 Å². The van der Waals surface area contributed by atoms with Gasteiger partial charge in [-0.25, -0.2) is 9.58 Å². The van der Waals surface area contributed by atoms with Gasteiger partial charge in [-0.1, -0.05) is 32.0 Å². The number of methoxy groups -OCH3 is 1. The van der Waals surface area contributed by atoms with Crippen LogP contribution in [0.2, 0.25) is 0 Å². The molecule has 0 amide bonds. The summed E-state index contributed by atoms with van der Waals surface area (Å²) in [6.07, 6.45) is 3.34. The van der Waals surface area contributed by atoms with Crippen LogP contribution in [0, 0.1) is 0 Å². The first-order chi connectivity index (χ1) is 14.5. The van der Waals surface area contributed by atoms with E-state index in [2.05, 4.69) is 42.0 Å². The van der Waals surface area contributed by atoms with Crippen molar-refractivity contribution in [1.82, 2.24) is 20.0 Å². The molecule has 3 heterocycles. The van der Waals surface area contributed by atoms with Gasteiger partial charge < -0.3 is 15.0 Å². The number of hydrogen-bond donors (Lipinski definition) is 3. The molecule has 0 saturated carbocycles. The fourth-order valence-corrected chi connectivity index (χ4v) is 4.88. The van der Waals surface area contributed by atoms with E-state index in [0.29, 0.717) is 12.0 Å². The zero-order valence-electron chi connectivity index (χ0n) is 18.5. The summed E-state index contributed by atoms with van der Waals surface area (Å²) in [5, 5.41) is 8.24. The Hall–Kier alpha value is -2.13. The average molecular weight is 414 g/mol. The predicted octanol–water partition coefficient (Wildman–Crippen LogP) is 2.31. The number of nitrogens with two attached hydrogens (primary N) is 2. The highest BCUT2D eigenvalue weighted by Crippen LogP contribution is 2.41. The number of para-hydroxylation sites is 1. The Morgan fingerprint density at radius 1 is 1.13 bits per heavy atom. The number of ether oxygens (including phenoxy) is 1. The number of anilines is 1. The van der Waals surface area contributed by atoms with Crippen LogP contribution in [0.5, 0.6) is 5.75 Å². The summed E-state index contributed by atoms with van der Waals surface area (Å²) in [5.74, 6) is 2.23. The first kappa shape index (κ1) is 21.1. The number of piperidine rings is 1. The van der Waals surface area contributed by atoms with Gasteiger partial charge >= 0.3 is 0 Å². The topological polar surface area (TPSA) is 97.6 Å². The lowest BCUT2D eigenvalue weighted by Gasteiger charge is -2.52. The second-order valence-electron chi connectivity index (χ2n) is 8.62. The Morgan fingerprint density at radius 3 is 2.57 bits per heavy atom. The number of hydrogen-bond acceptors (Lipinski definition) is 7. The molecule has 8 heteroatoms. The fraction of sp³-hybridized carbons (Fsp3) is 0.591. The lowest BCUT2D eigenvalue weighted by molar-refractivity contribution is 0.0163. The van der Waals surface area contributed by atoms with Crippen molar-refractivity contribution in [2.24, 2.45) is 11.5 Å². The highest BCUT2D eigenvalue weighted by Gasteiger charge is 2.44. The molecule has 2 aliphatic rings. The van der Waals surface area contributed by atoms with Gasteiger partial charge in [-0.15, -0.1) is 0 Å². The standard InChI is InChI=1S/C22H35N7O/c1-14(2)18-13-26-29-20(18)28(16-8-7-11-25-12-16)21(23)27(22(29)24)15(3)17-9-5-6-10-19(17)30-4/h5-6,9-10,13-16,21-22,25H,7-8,11-12,23-24H2,1-4H3/t15-,16+,21?,22?/m0/s1. The summed E-state index contributed by atoms with van der Waals surface area (Å²) in [4.78, 5) is 4.47. The molecule has 5 N–H and O–H groups in total. The van der Waals surface area contributed by atoms with Gasteiger partial charge in [-0.05, 0) is 38.3 Å². The van der Waals surface area contributed by atoms with Gasteiger partial charge in [0, 0.05) is 29.8 Å². The molecule has 4 atom stereocenters. The number of benzene rings is 1. The normalized spacial score (nSPS) is 26.0. The van der Waals surface area contributed by atoms with Crippen LogP contribution in [-0.2, 0) is 0 Å². The number of rotatable bonds is 5. The molecule has 2 aliphatic heterocycles. The van der Waals surface area contributed by atoms with Crippen molar-refractivity contribution in [3.05, 3.63) is 41.6 Å². The minimum absolute atomic E-state index is 0.0509. The Kier molecular flexibility index (Phi) is 6.02. The minimum Gasteiger partial charge on any atom is -0.496 e. The summed E-state index contributed by atoms with van der Waals surface area (Å²) in [6.45, 7) is 8.47. The second kappa shape index (κ2) is 8.55.